The highest BCUT2D eigenvalue weighted by Gasteiger charge is 2.71. The SMILES string of the molecule is CCN(c1ccc(C(O)(C(F)(F)F)C(F)(F)F)cc1)C(C)(c1cccc(OCc2ccccc2)c1)c1cocn1. The summed E-state index contributed by atoms with van der Waals surface area (Å²) in [4.78, 5) is 6.07. The molecule has 0 saturated carbocycles. The molecule has 0 aliphatic heterocycles. The summed E-state index contributed by atoms with van der Waals surface area (Å²) in [6.07, 6.45) is -9.31. The van der Waals surface area contributed by atoms with Crippen LogP contribution in [0, 0.1) is 0 Å². The van der Waals surface area contributed by atoms with Gasteiger partial charge in [-0.1, -0.05) is 54.6 Å². The summed E-state index contributed by atoms with van der Waals surface area (Å²) in [6.45, 7) is 4.18. The molecule has 3 aromatic carbocycles. The van der Waals surface area contributed by atoms with E-state index in [0.717, 1.165) is 17.7 Å². The van der Waals surface area contributed by atoms with E-state index in [9.17, 15) is 31.4 Å². The van der Waals surface area contributed by atoms with Gasteiger partial charge in [-0.05, 0) is 49.2 Å². The van der Waals surface area contributed by atoms with Crippen molar-refractivity contribution in [3.05, 3.63) is 114 Å². The summed E-state index contributed by atoms with van der Waals surface area (Å²) in [5.41, 5.74) is -5.07. The molecule has 1 N–H and O–H groups in total. The molecule has 212 valence electrons. The Hall–Kier alpha value is -3.99. The number of aromatic nitrogens is 1. The lowest BCUT2D eigenvalue weighted by Crippen LogP contribution is -2.54. The van der Waals surface area contributed by atoms with Gasteiger partial charge in [-0.3, -0.25) is 0 Å². The van der Waals surface area contributed by atoms with Gasteiger partial charge in [0.25, 0.3) is 5.60 Å². The Kier molecular flexibility index (Phi) is 7.89. The zero-order valence-electron chi connectivity index (χ0n) is 21.5. The van der Waals surface area contributed by atoms with Crippen LogP contribution in [0.3, 0.4) is 0 Å². The minimum Gasteiger partial charge on any atom is -0.489 e. The zero-order valence-corrected chi connectivity index (χ0v) is 21.5. The second kappa shape index (κ2) is 10.9. The monoisotopic (exact) mass is 564 g/mol. The van der Waals surface area contributed by atoms with Crippen LogP contribution >= 0.6 is 0 Å². The molecule has 0 amide bonds. The Bertz CT molecular complexity index is 1380. The van der Waals surface area contributed by atoms with Crippen molar-refractivity contribution in [1.82, 2.24) is 4.98 Å². The predicted octanol–water partition coefficient (Wildman–Crippen LogP) is 7.36. The third-order valence-electron chi connectivity index (χ3n) is 6.85. The number of nitrogens with zero attached hydrogens (tertiary/aromatic N) is 2. The zero-order chi connectivity index (χ0) is 29.2. The number of anilines is 1. The smallest absolute Gasteiger partial charge is 0.430 e. The average molecular weight is 565 g/mol. The van der Waals surface area contributed by atoms with Crippen LogP contribution in [0.25, 0.3) is 0 Å². The van der Waals surface area contributed by atoms with Gasteiger partial charge in [0, 0.05) is 17.8 Å². The fourth-order valence-corrected chi connectivity index (χ4v) is 4.65. The van der Waals surface area contributed by atoms with E-state index in [0.29, 0.717) is 41.4 Å². The van der Waals surface area contributed by atoms with Crippen LogP contribution in [-0.2, 0) is 17.7 Å². The molecule has 0 fully saturated rings. The van der Waals surface area contributed by atoms with E-state index >= 15 is 0 Å². The van der Waals surface area contributed by atoms with E-state index in [1.807, 2.05) is 36.4 Å². The lowest BCUT2D eigenvalue weighted by molar-refractivity contribution is -0.376. The van der Waals surface area contributed by atoms with Crippen molar-refractivity contribution in [2.75, 3.05) is 11.4 Å². The van der Waals surface area contributed by atoms with Crippen LogP contribution in [0.2, 0.25) is 0 Å². The maximum atomic E-state index is 13.4. The van der Waals surface area contributed by atoms with Gasteiger partial charge in [-0.15, -0.1) is 0 Å². The van der Waals surface area contributed by atoms with Crippen molar-refractivity contribution in [1.29, 1.82) is 0 Å². The third kappa shape index (κ3) is 5.25. The van der Waals surface area contributed by atoms with Gasteiger partial charge < -0.3 is 19.2 Å². The maximum Gasteiger partial charge on any atom is 0.430 e. The van der Waals surface area contributed by atoms with Crippen LogP contribution < -0.4 is 9.64 Å². The molecule has 1 atom stereocenters. The van der Waals surface area contributed by atoms with E-state index in [2.05, 4.69) is 4.98 Å². The van der Waals surface area contributed by atoms with Gasteiger partial charge in [0.1, 0.15) is 29.9 Å². The van der Waals surface area contributed by atoms with E-state index < -0.39 is 29.1 Å². The van der Waals surface area contributed by atoms with Crippen LogP contribution in [0.1, 0.15) is 36.2 Å². The van der Waals surface area contributed by atoms with E-state index in [1.165, 1.54) is 12.7 Å². The fraction of sp³-hybridized carbons (Fsp3) is 0.276. The molecule has 0 aliphatic rings. The molecule has 1 unspecified atom stereocenters. The van der Waals surface area contributed by atoms with Crippen molar-refractivity contribution < 1.29 is 40.6 Å². The highest BCUT2D eigenvalue weighted by molar-refractivity contribution is 5.56. The first-order valence-electron chi connectivity index (χ1n) is 12.2. The molecule has 0 spiro atoms. The van der Waals surface area contributed by atoms with Crippen LogP contribution in [0.5, 0.6) is 5.75 Å². The first-order valence-corrected chi connectivity index (χ1v) is 12.2. The summed E-state index contributed by atoms with van der Waals surface area (Å²) in [5, 5.41) is 9.79. The normalized spacial score (nSPS) is 14.0. The number of ether oxygens (including phenoxy) is 1. The molecule has 0 saturated heterocycles. The molecule has 1 heterocycles. The van der Waals surface area contributed by atoms with Gasteiger partial charge >= 0.3 is 12.4 Å². The average Bonchev–Trinajstić information content (AvgIpc) is 3.47. The Balaban J connectivity index is 1.74. The quantitative estimate of drug-likeness (QED) is 0.215. The molecule has 5 nitrogen and oxygen atoms in total. The number of hydrogen-bond donors (Lipinski definition) is 1. The molecular weight excluding hydrogens is 538 g/mol. The molecular formula is C29H26F6N2O3. The van der Waals surface area contributed by atoms with Crippen molar-refractivity contribution in [2.45, 2.75) is 43.9 Å². The Morgan fingerprint density at radius 2 is 1.50 bits per heavy atom. The van der Waals surface area contributed by atoms with Crippen molar-refractivity contribution >= 4 is 5.69 Å². The summed E-state index contributed by atoms with van der Waals surface area (Å²) in [7, 11) is 0. The highest BCUT2D eigenvalue weighted by atomic mass is 19.4. The Morgan fingerprint density at radius 3 is 2.05 bits per heavy atom. The molecule has 4 aromatic rings. The number of hydrogen-bond acceptors (Lipinski definition) is 5. The molecule has 0 radical (unpaired) electrons. The Morgan fingerprint density at radius 1 is 0.850 bits per heavy atom. The minimum atomic E-state index is -5.98. The highest BCUT2D eigenvalue weighted by Crippen LogP contribution is 2.50. The van der Waals surface area contributed by atoms with Crippen molar-refractivity contribution in [2.24, 2.45) is 0 Å². The number of aliphatic hydroxyl groups is 1. The molecule has 4 rings (SSSR count). The van der Waals surface area contributed by atoms with Gasteiger partial charge in [-0.2, -0.15) is 26.3 Å². The lowest BCUT2D eigenvalue weighted by Gasteiger charge is -2.42. The number of halogens is 6. The number of oxazole rings is 1. The van der Waals surface area contributed by atoms with Crippen LogP contribution in [0.4, 0.5) is 32.0 Å². The van der Waals surface area contributed by atoms with Gasteiger partial charge in [0.2, 0.25) is 0 Å². The summed E-state index contributed by atoms with van der Waals surface area (Å²) in [6, 6.07) is 20.1. The molecule has 11 heteroatoms. The summed E-state index contributed by atoms with van der Waals surface area (Å²) in [5.74, 6) is 0.544. The summed E-state index contributed by atoms with van der Waals surface area (Å²) < 4.78 is 91.6. The largest absolute Gasteiger partial charge is 0.489 e. The van der Waals surface area contributed by atoms with Crippen molar-refractivity contribution in [3.8, 4) is 5.75 Å². The first-order chi connectivity index (χ1) is 18.8. The second-order valence-corrected chi connectivity index (χ2v) is 9.25. The number of rotatable bonds is 9. The molecule has 40 heavy (non-hydrogen) atoms. The minimum absolute atomic E-state index is 0.278. The van der Waals surface area contributed by atoms with Crippen LogP contribution in [0.15, 0.2) is 95.9 Å². The predicted molar refractivity (Wildman–Crippen MR) is 136 cm³/mol. The first kappa shape index (κ1) is 29.0. The maximum absolute atomic E-state index is 13.4. The molecule has 1 aromatic heterocycles. The van der Waals surface area contributed by atoms with Crippen LogP contribution in [-0.4, -0.2) is 29.0 Å². The fourth-order valence-electron chi connectivity index (χ4n) is 4.65. The Labute approximate surface area is 226 Å². The number of alkyl halides is 6. The standard InChI is InChI=1S/C29H26F6N2O3/c1-3-37(23-14-12-21(13-15-23)27(38,28(30,31)32)29(33,34)35)26(2,25-18-39-19-36-25)22-10-7-11-24(16-22)40-17-20-8-5-4-6-9-20/h4-16,18-19,38H,3,17H2,1-2H3. The van der Waals surface area contributed by atoms with E-state index in [4.69, 9.17) is 9.15 Å². The second-order valence-electron chi connectivity index (χ2n) is 9.25. The van der Waals surface area contributed by atoms with Gasteiger partial charge in [0.15, 0.2) is 6.39 Å². The van der Waals surface area contributed by atoms with E-state index in [-0.39, 0.29) is 6.54 Å². The molecule has 0 aliphatic carbocycles. The topological polar surface area (TPSA) is 58.7 Å². The lowest BCUT2D eigenvalue weighted by atomic mass is 9.85. The third-order valence-corrected chi connectivity index (χ3v) is 6.85. The number of benzene rings is 3. The van der Waals surface area contributed by atoms with Gasteiger partial charge in [0.05, 0.1) is 0 Å². The van der Waals surface area contributed by atoms with E-state index in [1.54, 1.807) is 36.9 Å². The summed E-state index contributed by atoms with van der Waals surface area (Å²) >= 11 is 0. The van der Waals surface area contributed by atoms with Crippen molar-refractivity contribution in [3.63, 3.8) is 0 Å². The van der Waals surface area contributed by atoms with Gasteiger partial charge in [-0.25, -0.2) is 4.98 Å². The molecule has 0 bridgehead atoms.